The second-order valence-electron chi connectivity index (χ2n) is 10.8. The molecule has 5 nitrogen and oxygen atoms in total. The zero-order valence-electron chi connectivity index (χ0n) is 21.5. The molecule has 3 aliphatic rings. The number of ether oxygens (including phenoxy) is 2. The Balaban J connectivity index is 1.21. The standard InChI is InChI=1S/C31H33ClN2O3S/c32-25-11-13-27-24(16-25)10-5-15-31(27)20-34(18-22-8-4-9-22)28-17-26(12-14-29(28)37-21-31)38-33-30(35)36-19-23-6-2-1-3-7-23/h1-3,6-7,11-14,16-17,22H,4-5,8-10,15,18-21H2,(H,33,35). The van der Waals surface area contributed by atoms with Crippen molar-refractivity contribution in [3.63, 3.8) is 0 Å². The zero-order valence-corrected chi connectivity index (χ0v) is 23.0. The molecular formula is C31H33ClN2O3S. The molecule has 198 valence electrons. The number of nitrogens with one attached hydrogen (secondary N) is 1. The lowest BCUT2D eigenvalue weighted by molar-refractivity contribution is 0.146. The molecule has 3 aromatic rings. The maximum absolute atomic E-state index is 12.3. The first-order valence-electron chi connectivity index (χ1n) is 13.5. The molecule has 1 heterocycles. The highest BCUT2D eigenvalue weighted by atomic mass is 35.5. The second-order valence-corrected chi connectivity index (χ2v) is 12.1. The third kappa shape index (κ3) is 5.48. The average molecular weight is 549 g/mol. The molecule has 1 spiro atoms. The highest BCUT2D eigenvalue weighted by molar-refractivity contribution is 7.98. The van der Waals surface area contributed by atoms with Crippen LogP contribution in [0.5, 0.6) is 5.75 Å². The van der Waals surface area contributed by atoms with Gasteiger partial charge in [-0.25, -0.2) is 4.79 Å². The van der Waals surface area contributed by atoms with E-state index in [9.17, 15) is 4.79 Å². The molecule has 0 saturated heterocycles. The minimum absolute atomic E-state index is 0.0618. The van der Waals surface area contributed by atoms with E-state index in [1.54, 1.807) is 0 Å². The first-order chi connectivity index (χ1) is 18.6. The van der Waals surface area contributed by atoms with E-state index < -0.39 is 6.09 Å². The molecule has 38 heavy (non-hydrogen) atoms. The van der Waals surface area contributed by atoms with Gasteiger partial charge in [-0.15, -0.1) is 0 Å². The molecule has 2 aliphatic carbocycles. The number of nitrogens with zero attached hydrogens (tertiary/aromatic N) is 1. The Morgan fingerprint density at radius 1 is 1.11 bits per heavy atom. The summed E-state index contributed by atoms with van der Waals surface area (Å²) >= 11 is 7.65. The number of halogens is 1. The molecular weight excluding hydrogens is 516 g/mol. The van der Waals surface area contributed by atoms with Gasteiger partial charge in [-0.3, -0.25) is 4.72 Å². The highest BCUT2D eigenvalue weighted by Gasteiger charge is 2.42. The van der Waals surface area contributed by atoms with E-state index >= 15 is 0 Å². The average Bonchev–Trinajstić information content (AvgIpc) is 3.06. The molecule has 3 aromatic carbocycles. The van der Waals surface area contributed by atoms with Crippen molar-refractivity contribution >= 4 is 35.3 Å². The van der Waals surface area contributed by atoms with E-state index in [1.807, 2.05) is 48.5 Å². The molecule has 1 N–H and O–H groups in total. The van der Waals surface area contributed by atoms with Gasteiger partial charge >= 0.3 is 6.09 Å². The van der Waals surface area contributed by atoms with E-state index in [0.717, 1.165) is 59.3 Å². The largest absolute Gasteiger partial charge is 0.490 e. The summed E-state index contributed by atoms with van der Waals surface area (Å²) in [5, 5.41) is 0.807. The van der Waals surface area contributed by atoms with E-state index in [0.29, 0.717) is 12.5 Å². The van der Waals surface area contributed by atoms with Gasteiger partial charge in [0, 0.05) is 28.4 Å². The van der Waals surface area contributed by atoms with Crippen LogP contribution in [0.2, 0.25) is 5.02 Å². The molecule has 0 aromatic heterocycles. The molecule has 1 atom stereocenters. The van der Waals surface area contributed by atoms with Crippen LogP contribution >= 0.6 is 23.5 Å². The molecule has 1 fully saturated rings. The minimum atomic E-state index is -0.451. The third-order valence-electron chi connectivity index (χ3n) is 8.18. The van der Waals surface area contributed by atoms with Gasteiger partial charge in [-0.2, -0.15) is 0 Å². The third-order valence-corrected chi connectivity index (χ3v) is 9.17. The van der Waals surface area contributed by atoms with Gasteiger partial charge in [-0.05, 0) is 97.0 Å². The van der Waals surface area contributed by atoms with Crippen LogP contribution in [0.1, 0.15) is 48.8 Å². The number of hydrogen-bond donors (Lipinski definition) is 1. The van der Waals surface area contributed by atoms with E-state index in [-0.39, 0.29) is 12.0 Å². The van der Waals surface area contributed by atoms with Gasteiger partial charge in [0.1, 0.15) is 12.4 Å². The first-order valence-corrected chi connectivity index (χ1v) is 14.7. The smallest absolute Gasteiger partial charge is 0.417 e. The van der Waals surface area contributed by atoms with Crippen LogP contribution in [0, 0.1) is 5.92 Å². The minimum Gasteiger partial charge on any atom is -0.490 e. The van der Waals surface area contributed by atoms with Gasteiger partial charge < -0.3 is 14.4 Å². The molecule has 0 bridgehead atoms. The lowest BCUT2D eigenvalue weighted by Crippen LogP contribution is -2.47. The number of benzene rings is 3. The molecule has 6 rings (SSSR count). The fraction of sp³-hybridized carbons (Fsp3) is 0.387. The summed E-state index contributed by atoms with van der Waals surface area (Å²) in [5.74, 6) is 1.63. The summed E-state index contributed by atoms with van der Waals surface area (Å²) in [5.41, 5.74) is 4.75. The number of carbonyl (C=O) groups excluding carboxylic acids is 1. The van der Waals surface area contributed by atoms with Gasteiger partial charge in [0.15, 0.2) is 0 Å². The maximum Gasteiger partial charge on any atom is 0.417 e. The molecule has 1 amide bonds. The van der Waals surface area contributed by atoms with E-state index in [1.165, 1.54) is 42.3 Å². The van der Waals surface area contributed by atoms with Crippen LogP contribution in [0.4, 0.5) is 10.5 Å². The Kier molecular flexibility index (Phi) is 7.44. The van der Waals surface area contributed by atoms with Crippen molar-refractivity contribution in [3.05, 3.63) is 88.4 Å². The Morgan fingerprint density at radius 3 is 2.79 bits per heavy atom. The van der Waals surface area contributed by atoms with E-state index in [2.05, 4.69) is 27.8 Å². The van der Waals surface area contributed by atoms with Gasteiger partial charge in [0.2, 0.25) is 0 Å². The van der Waals surface area contributed by atoms with Crippen molar-refractivity contribution in [2.24, 2.45) is 5.92 Å². The van der Waals surface area contributed by atoms with Crippen LogP contribution in [-0.4, -0.2) is 25.8 Å². The normalized spacial score (nSPS) is 20.5. The van der Waals surface area contributed by atoms with Crippen LogP contribution in [0.3, 0.4) is 0 Å². The monoisotopic (exact) mass is 548 g/mol. The summed E-state index contributed by atoms with van der Waals surface area (Å²) in [4.78, 5) is 15.8. The second kappa shape index (κ2) is 11.1. The molecule has 0 radical (unpaired) electrons. The molecule has 1 saturated carbocycles. The Hall–Kier alpha value is -2.83. The quantitative estimate of drug-likeness (QED) is 0.322. The first kappa shape index (κ1) is 25.4. The van der Waals surface area contributed by atoms with E-state index in [4.69, 9.17) is 21.1 Å². The van der Waals surface area contributed by atoms with Crippen molar-refractivity contribution in [1.82, 2.24) is 4.72 Å². The Bertz CT molecular complexity index is 1300. The summed E-state index contributed by atoms with van der Waals surface area (Å²) in [7, 11) is 0. The van der Waals surface area contributed by atoms with Crippen LogP contribution in [0.15, 0.2) is 71.6 Å². The summed E-state index contributed by atoms with van der Waals surface area (Å²) < 4.78 is 14.8. The van der Waals surface area contributed by atoms with Gasteiger partial charge in [0.05, 0.1) is 12.3 Å². The zero-order chi connectivity index (χ0) is 26.0. The Morgan fingerprint density at radius 2 is 1.97 bits per heavy atom. The lowest BCUT2D eigenvalue weighted by Gasteiger charge is -2.42. The van der Waals surface area contributed by atoms with Crippen molar-refractivity contribution in [2.75, 3.05) is 24.6 Å². The van der Waals surface area contributed by atoms with Gasteiger partial charge in [-0.1, -0.05) is 54.4 Å². The van der Waals surface area contributed by atoms with Crippen molar-refractivity contribution in [3.8, 4) is 5.75 Å². The summed E-state index contributed by atoms with van der Waals surface area (Å²) in [6, 6.07) is 22.3. The van der Waals surface area contributed by atoms with Crippen LogP contribution in [-0.2, 0) is 23.2 Å². The van der Waals surface area contributed by atoms with Crippen LogP contribution < -0.4 is 14.4 Å². The van der Waals surface area contributed by atoms with Crippen molar-refractivity contribution < 1.29 is 14.3 Å². The fourth-order valence-corrected chi connectivity index (χ4v) is 6.76. The number of aryl methyl sites for hydroxylation is 1. The number of fused-ring (bicyclic) bond motifs is 3. The SMILES string of the molecule is O=C(NSc1ccc2c(c1)N(CC1CCC1)CC1(CCCc3cc(Cl)ccc31)CO2)OCc1ccccc1. The predicted molar refractivity (Wildman–Crippen MR) is 153 cm³/mol. The molecule has 1 aliphatic heterocycles. The summed E-state index contributed by atoms with van der Waals surface area (Å²) in [6.07, 6.45) is 6.75. The summed E-state index contributed by atoms with van der Waals surface area (Å²) in [6.45, 7) is 2.86. The Labute approximate surface area is 234 Å². The predicted octanol–water partition coefficient (Wildman–Crippen LogP) is 7.55. The topological polar surface area (TPSA) is 50.8 Å². The highest BCUT2D eigenvalue weighted by Crippen LogP contribution is 2.46. The number of carbonyl (C=O) groups is 1. The maximum atomic E-state index is 12.3. The van der Waals surface area contributed by atoms with Gasteiger partial charge in [0.25, 0.3) is 0 Å². The van der Waals surface area contributed by atoms with Crippen LogP contribution in [0.25, 0.3) is 0 Å². The lowest BCUT2D eigenvalue weighted by atomic mass is 9.70. The van der Waals surface area contributed by atoms with Crippen molar-refractivity contribution in [1.29, 1.82) is 0 Å². The molecule has 7 heteroatoms. The number of hydrogen-bond acceptors (Lipinski definition) is 5. The van der Waals surface area contributed by atoms with Crippen molar-refractivity contribution in [2.45, 2.75) is 55.4 Å². The number of rotatable bonds is 6. The number of amides is 1. The number of anilines is 1. The fourth-order valence-electron chi connectivity index (χ4n) is 6.00. The molecule has 1 unspecified atom stereocenters.